The van der Waals surface area contributed by atoms with Crippen LogP contribution in [0.4, 0.5) is 0 Å². The number of ketones is 1. The molecule has 0 bridgehead atoms. The highest BCUT2D eigenvalue weighted by Crippen LogP contribution is 2.25. The molecule has 0 amide bonds. The SMILES string of the molecule is COc1cccc(CC(=O)c2cc(-c3cnccc3C)cn3ncnc23)n1. The average molecular weight is 359 g/mol. The van der Waals surface area contributed by atoms with E-state index in [1.807, 2.05) is 31.3 Å². The summed E-state index contributed by atoms with van der Waals surface area (Å²) in [6, 6.07) is 9.14. The van der Waals surface area contributed by atoms with Crippen LogP contribution in [0, 0.1) is 6.92 Å². The molecule has 0 radical (unpaired) electrons. The smallest absolute Gasteiger partial charge is 0.213 e. The summed E-state index contributed by atoms with van der Waals surface area (Å²) in [4.78, 5) is 25.8. The molecule has 7 nitrogen and oxygen atoms in total. The highest BCUT2D eigenvalue weighted by atomic mass is 16.5. The zero-order valence-corrected chi connectivity index (χ0v) is 15.0. The zero-order chi connectivity index (χ0) is 18.8. The summed E-state index contributed by atoms with van der Waals surface area (Å²) in [7, 11) is 1.55. The summed E-state index contributed by atoms with van der Waals surface area (Å²) in [5.74, 6) is 0.393. The fraction of sp³-hybridized carbons (Fsp3) is 0.150. The van der Waals surface area contributed by atoms with Gasteiger partial charge in [0.2, 0.25) is 5.88 Å². The first-order valence-corrected chi connectivity index (χ1v) is 8.43. The van der Waals surface area contributed by atoms with E-state index in [0.717, 1.165) is 16.7 Å². The molecule has 4 heterocycles. The summed E-state index contributed by atoms with van der Waals surface area (Å²) in [5, 5.41) is 4.21. The quantitative estimate of drug-likeness (QED) is 0.510. The van der Waals surface area contributed by atoms with Crippen molar-refractivity contribution < 1.29 is 9.53 Å². The second kappa shape index (κ2) is 6.95. The van der Waals surface area contributed by atoms with Crippen LogP contribution in [0.3, 0.4) is 0 Å². The number of rotatable bonds is 5. The fourth-order valence-corrected chi connectivity index (χ4v) is 2.97. The van der Waals surface area contributed by atoms with E-state index in [2.05, 4.69) is 20.1 Å². The van der Waals surface area contributed by atoms with Crippen LogP contribution in [0.15, 0.2) is 55.2 Å². The van der Waals surface area contributed by atoms with Crippen molar-refractivity contribution >= 4 is 11.4 Å². The van der Waals surface area contributed by atoms with Crippen LogP contribution in [0.1, 0.15) is 21.6 Å². The molecule has 0 spiro atoms. The Morgan fingerprint density at radius 2 is 2.15 bits per heavy atom. The second-order valence-corrected chi connectivity index (χ2v) is 6.13. The molecule has 0 aliphatic heterocycles. The number of aryl methyl sites for hydroxylation is 1. The lowest BCUT2D eigenvalue weighted by Crippen LogP contribution is -2.09. The molecule has 0 saturated carbocycles. The van der Waals surface area contributed by atoms with Gasteiger partial charge in [-0.1, -0.05) is 6.07 Å². The van der Waals surface area contributed by atoms with Gasteiger partial charge in [0.15, 0.2) is 11.4 Å². The number of aromatic nitrogens is 5. The fourth-order valence-electron chi connectivity index (χ4n) is 2.97. The number of nitrogens with zero attached hydrogens (tertiary/aromatic N) is 5. The Bertz CT molecular complexity index is 1140. The molecule has 0 aromatic carbocycles. The van der Waals surface area contributed by atoms with Crippen molar-refractivity contribution in [2.24, 2.45) is 0 Å². The van der Waals surface area contributed by atoms with Crippen LogP contribution in [-0.4, -0.2) is 37.5 Å². The maximum atomic E-state index is 13.0. The van der Waals surface area contributed by atoms with Crippen molar-refractivity contribution in [2.75, 3.05) is 7.11 Å². The standard InChI is InChI=1S/C20H17N5O2/c1-13-6-7-21-10-17(13)14-8-16(20-22-12-23-25(20)11-14)18(26)9-15-4-3-5-19(24-15)27-2/h3-8,10-12H,9H2,1-2H3. The van der Waals surface area contributed by atoms with Crippen LogP contribution < -0.4 is 4.74 Å². The molecule has 0 atom stereocenters. The molecule has 0 fully saturated rings. The van der Waals surface area contributed by atoms with Crippen LogP contribution in [0.25, 0.3) is 16.8 Å². The number of hydrogen-bond acceptors (Lipinski definition) is 6. The molecule has 0 saturated heterocycles. The van der Waals surface area contributed by atoms with E-state index in [1.54, 1.807) is 36.2 Å². The first-order chi connectivity index (χ1) is 13.2. The Labute approximate surface area is 155 Å². The van der Waals surface area contributed by atoms with E-state index in [0.29, 0.717) is 22.8 Å². The van der Waals surface area contributed by atoms with E-state index in [4.69, 9.17) is 4.74 Å². The predicted molar refractivity (Wildman–Crippen MR) is 99.8 cm³/mol. The van der Waals surface area contributed by atoms with Crippen molar-refractivity contribution in [1.82, 2.24) is 24.6 Å². The van der Waals surface area contributed by atoms with Crippen LogP contribution in [0.2, 0.25) is 0 Å². The average Bonchev–Trinajstić information content (AvgIpc) is 3.16. The molecule has 4 rings (SSSR count). The number of fused-ring (bicyclic) bond motifs is 1. The van der Waals surface area contributed by atoms with Crippen molar-refractivity contribution in [3.05, 3.63) is 72.1 Å². The number of pyridine rings is 3. The van der Waals surface area contributed by atoms with Gasteiger partial charge < -0.3 is 4.74 Å². The molecule has 27 heavy (non-hydrogen) atoms. The van der Waals surface area contributed by atoms with Gasteiger partial charge in [0, 0.05) is 35.8 Å². The van der Waals surface area contributed by atoms with Gasteiger partial charge in [-0.05, 0) is 30.7 Å². The summed E-state index contributed by atoms with van der Waals surface area (Å²) < 4.78 is 6.75. The van der Waals surface area contributed by atoms with Gasteiger partial charge in [-0.25, -0.2) is 14.5 Å². The predicted octanol–water partition coefficient (Wildman–Crippen LogP) is 2.93. The Hall–Kier alpha value is -3.61. The number of methoxy groups -OCH3 is 1. The highest BCUT2D eigenvalue weighted by molar-refractivity contribution is 6.03. The van der Waals surface area contributed by atoms with Crippen LogP contribution in [-0.2, 0) is 6.42 Å². The number of Topliss-reactive ketones (excluding diaryl/α,β-unsaturated/α-hetero) is 1. The molecule has 4 aromatic heterocycles. The van der Waals surface area contributed by atoms with Crippen molar-refractivity contribution in [3.63, 3.8) is 0 Å². The van der Waals surface area contributed by atoms with Gasteiger partial charge >= 0.3 is 0 Å². The lowest BCUT2D eigenvalue weighted by atomic mass is 10.0. The molecule has 0 unspecified atom stereocenters. The van der Waals surface area contributed by atoms with Crippen molar-refractivity contribution in [2.45, 2.75) is 13.3 Å². The van der Waals surface area contributed by atoms with Crippen LogP contribution in [0.5, 0.6) is 5.88 Å². The third kappa shape index (κ3) is 3.27. The normalized spacial score (nSPS) is 10.9. The van der Waals surface area contributed by atoms with Gasteiger partial charge in [0.05, 0.1) is 24.8 Å². The number of carbonyl (C=O) groups excluding carboxylic acids is 1. The first kappa shape index (κ1) is 16.8. The minimum Gasteiger partial charge on any atom is -0.481 e. The summed E-state index contributed by atoms with van der Waals surface area (Å²) in [6.45, 7) is 2.00. The Morgan fingerprint density at radius 1 is 1.26 bits per heavy atom. The lowest BCUT2D eigenvalue weighted by Gasteiger charge is -2.09. The minimum absolute atomic E-state index is 0.0860. The van der Waals surface area contributed by atoms with Crippen molar-refractivity contribution in [1.29, 1.82) is 0 Å². The maximum absolute atomic E-state index is 13.0. The molecule has 0 aliphatic carbocycles. The molecule has 134 valence electrons. The molecule has 4 aromatic rings. The first-order valence-electron chi connectivity index (χ1n) is 8.43. The highest BCUT2D eigenvalue weighted by Gasteiger charge is 2.17. The number of ether oxygens (including phenoxy) is 1. The van der Waals surface area contributed by atoms with E-state index >= 15 is 0 Å². The number of carbonyl (C=O) groups is 1. The third-order valence-electron chi connectivity index (χ3n) is 4.36. The summed E-state index contributed by atoms with van der Waals surface area (Å²) in [5.41, 5.74) is 4.53. The molecule has 0 N–H and O–H groups in total. The van der Waals surface area contributed by atoms with Gasteiger partial charge in [0.1, 0.15) is 6.33 Å². The van der Waals surface area contributed by atoms with Gasteiger partial charge in [0.25, 0.3) is 0 Å². The lowest BCUT2D eigenvalue weighted by molar-refractivity contribution is 0.0993. The molecular formula is C20H17N5O2. The molecular weight excluding hydrogens is 342 g/mol. The van der Waals surface area contributed by atoms with E-state index in [1.165, 1.54) is 6.33 Å². The van der Waals surface area contributed by atoms with E-state index in [-0.39, 0.29) is 12.2 Å². The van der Waals surface area contributed by atoms with E-state index < -0.39 is 0 Å². The third-order valence-corrected chi connectivity index (χ3v) is 4.36. The summed E-state index contributed by atoms with van der Waals surface area (Å²) in [6.07, 6.45) is 6.97. The van der Waals surface area contributed by atoms with Gasteiger partial charge in [-0.3, -0.25) is 9.78 Å². The number of hydrogen-bond donors (Lipinski definition) is 0. The summed E-state index contributed by atoms with van der Waals surface area (Å²) >= 11 is 0. The zero-order valence-electron chi connectivity index (χ0n) is 15.0. The minimum atomic E-state index is -0.0860. The van der Waals surface area contributed by atoms with Gasteiger partial charge in [-0.2, -0.15) is 5.10 Å². The van der Waals surface area contributed by atoms with E-state index in [9.17, 15) is 4.79 Å². The Morgan fingerprint density at radius 3 is 2.96 bits per heavy atom. The Kier molecular flexibility index (Phi) is 4.33. The monoisotopic (exact) mass is 359 g/mol. The van der Waals surface area contributed by atoms with Gasteiger partial charge in [-0.15, -0.1) is 0 Å². The molecule has 0 aliphatic rings. The topological polar surface area (TPSA) is 82.3 Å². The maximum Gasteiger partial charge on any atom is 0.213 e. The Balaban J connectivity index is 1.77. The second-order valence-electron chi connectivity index (χ2n) is 6.13. The largest absolute Gasteiger partial charge is 0.481 e. The van der Waals surface area contributed by atoms with Crippen molar-refractivity contribution in [3.8, 4) is 17.0 Å². The van der Waals surface area contributed by atoms with Crippen LogP contribution >= 0.6 is 0 Å². The molecule has 7 heteroatoms.